The third-order valence-corrected chi connectivity index (χ3v) is 4.72. The second kappa shape index (κ2) is 5.75. The normalized spacial score (nSPS) is 16.9. The van der Waals surface area contributed by atoms with Crippen LogP contribution < -0.4 is 5.32 Å². The Hall–Kier alpha value is -1.34. The third-order valence-electron chi connectivity index (χ3n) is 4.07. The highest BCUT2D eigenvalue weighted by Crippen LogP contribution is 2.42. The van der Waals surface area contributed by atoms with Crippen LogP contribution in [0, 0.1) is 16.7 Å². The number of nitrogens with one attached hydrogen (secondary N) is 1. The summed E-state index contributed by atoms with van der Waals surface area (Å²) in [5.41, 5.74) is 1.12. The fraction of sp³-hybridized carbons (Fsp3) is 0.467. The lowest BCUT2D eigenvalue weighted by Crippen LogP contribution is -2.33. The van der Waals surface area contributed by atoms with Crippen molar-refractivity contribution in [3.63, 3.8) is 0 Å². The van der Waals surface area contributed by atoms with Gasteiger partial charge in [-0.25, -0.2) is 0 Å². The second-order valence-corrected chi connectivity index (χ2v) is 5.96. The van der Waals surface area contributed by atoms with E-state index in [1.54, 1.807) is 18.2 Å². The lowest BCUT2D eigenvalue weighted by molar-refractivity contribution is -0.125. The quantitative estimate of drug-likeness (QED) is 0.906. The summed E-state index contributed by atoms with van der Waals surface area (Å²) in [5.74, 6) is 0.109. The average molecular weight is 321 g/mol. The van der Waals surface area contributed by atoms with Gasteiger partial charge >= 0.3 is 0 Å². The number of benzene rings is 1. The van der Waals surface area contributed by atoms with Crippen LogP contribution in [0.25, 0.3) is 0 Å². The lowest BCUT2D eigenvalue weighted by Gasteiger charge is -2.26. The van der Waals surface area contributed by atoms with E-state index in [1.165, 1.54) is 0 Å². The van der Waals surface area contributed by atoms with E-state index >= 15 is 0 Å². The molecule has 0 unspecified atom stereocenters. The van der Waals surface area contributed by atoms with Crippen molar-refractivity contribution in [2.75, 3.05) is 5.32 Å². The standard InChI is InChI=1S/C15H17BrN2O/c1-2-15(7-3-4-8-15)14(19)18-13-6-5-11(10-17)9-12(13)16/h5-6,9H,2-4,7-8H2,1H3,(H,18,19). The zero-order chi connectivity index (χ0) is 13.9. The van der Waals surface area contributed by atoms with E-state index in [0.717, 1.165) is 42.3 Å². The number of hydrogen-bond acceptors (Lipinski definition) is 2. The summed E-state index contributed by atoms with van der Waals surface area (Å²) in [6.45, 7) is 2.08. The molecule has 2 rings (SSSR count). The van der Waals surface area contributed by atoms with Crippen LogP contribution in [0.5, 0.6) is 0 Å². The van der Waals surface area contributed by atoms with Gasteiger partial charge in [-0.05, 0) is 53.4 Å². The smallest absolute Gasteiger partial charge is 0.230 e. The largest absolute Gasteiger partial charge is 0.325 e. The highest BCUT2D eigenvalue weighted by atomic mass is 79.9. The first-order chi connectivity index (χ1) is 9.11. The van der Waals surface area contributed by atoms with Crippen molar-refractivity contribution >= 4 is 27.5 Å². The molecule has 1 saturated carbocycles. The molecular weight excluding hydrogens is 304 g/mol. The van der Waals surface area contributed by atoms with Crippen LogP contribution in [0.2, 0.25) is 0 Å². The molecule has 0 bridgehead atoms. The molecule has 1 N–H and O–H groups in total. The SMILES string of the molecule is CCC1(C(=O)Nc2ccc(C#N)cc2Br)CCCC1. The van der Waals surface area contributed by atoms with E-state index in [1.807, 2.05) is 0 Å². The molecule has 1 aromatic carbocycles. The van der Waals surface area contributed by atoms with E-state index in [0.29, 0.717) is 5.56 Å². The molecule has 0 radical (unpaired) electrons. The van der Waals surface area contributed by atoms with Crippen LogP contribution in [-0.2, 0) is 4.79 Å². The van der Waals surface area contributed by atoms with Crippen molar-refractivity contribution in [1.82, 2.24) is 0 Å². The molecule has 1 aliphatic carbocycles. The zero-order valence-electron chi connectivity index (χ0n) is 11.0. The van der Waals surface area contributed by atoms with E-state index in [-0.39, 0.29) is 11.3 Å². The van der Waals surface area contributed by atoms with E-state index in [2.05, 4.69) is 34.2 Å². The van der Waals surface area contributed by atoms with E-state index < -0.39 is 0 Å². The molecule has 1 fully saturated rings. The lowest BCUT2D eigenvalue weighted by atomic mass is 9.82. The highest BCUT2D eigenvalue weighted by molar-refractivity contribution is 9.10. The molecular formula is C15H17BrN2O. The second-order valence-electron chi connectivity index (χ2n) is 5.10. The average Bonchev–Trinajstić information content (AvgIpc) is 2.91. The predicted octanol–water partition coefficient (Wildman–Crippen LogP) is 4.23. The Morgan fingerprint density at radius 1 is 1.47 bits per heavy atom. The maximum absolute atomic E-state index is 12.5. The van der Waals surface area contributed by atoms with Gasteiger partial charge < -0.3 is 5.32 Å². The van der Waals surface area contributed by atoms with Gasteiger partial charge in [0.1, 0.15) is 0 Å². The summed E-state index contributed by atoms with van der Waals surface area (Å²) in [6, 6.07) is 7.30. The molecule has 3 nitrogen and oxygen atoms in total. The van der Waals surface area contributed by atoms with E-state index in [9.17, 15) is 4.79 Å². The Kier molecular flexibility index (Phi) is 4.26. The minimum absolute atomic E-state index is 0.109. The fourth-order valence-corrected chi connectivity index (χ4v) is 3.21. The van der Waals surface area contributed by atoms with Gasteiger partial charge in [0.2, 0.25) is 5.91 Å². The van der Waals surface area contributed by atoms with Gasteiger partial charge in [-0.3, -0.25) is 4.79 Å². The van der Waals surface area contributed by atoms with Gasteiger partial charge in [-0.1, -0.05) is 19.8 Å². The Morgan fingerprint density at radius 3 is 2.68 bits per heavy atom. The van der Waals surface area contributed by atoms with Crippen LogP contribution in [0.1, 0.15) is 44.6 Å². The van der Waals surface area contributed by atoms with Gasteiger partial charge in [0.05, 0.1) is 17.3 Å². The number of rotatable bonds is 3. The fourth-order valence-electron chi connectivity index (χ4n) is 2.73. The topological polar surface area (TPSA) is 52.9 Å². The Bertz CT molecular complexity index is 527. The molecule has 1 amide bonds. The molecule has 0 aromatic heterocycles. The van der Waals surface area contributed by atoms with Crippen LogP contribution in [-0.4, -0.2) is 5.91 Å². The van der Waals surface area contributed by atoms with Gasteiger partial charge in [0.25, 0.3) is 0 Å². The number of amides is 1. The molecule has 19 heavy (non-hydrogen) atoms. The number of anilines is 1. The summed E-state index contributed by atoms with van der Waals surface area (Å²) in [6.07, 6.45) is 5.10. The third kappa shape index (κ3) is 2.82. The Balaban J connectivity index is 2.17. The first-order valence-corrected chi connectivity index (χ1v) is 7.42. The maximum atomic E-state index is 12.5. The molecule has 100 valence electrons. The highest BCUT2D eigenvalue weighted by Gasteiger charge is 2.39. The number of hydrogen-bond donors (Lipinski definition) is 1. The van der Waals surface area contributed by atoms with E-state index in [4.69, 9.17) is 5.26 Å². The zero-order valence-corrected chi connectivity index (χ0v) is 12.6. The number of halogens is 1. The van der Waals surface area contributed by atoms with Gasteiger partial charge in [0, 0.05) is 9.89 Å². The molecule has 0 heterocycles. The summed E-state index contributed by atoms with van der Waals surface area (Å²) in [4.78, 5) is 12.5. The molecule has 0 atom stereocenters. The molecule has 1 aliphatic rings. The number of carbonyl (C=O) groups is 1. The van der Waals surface area contributed by atoms with Gasteiger partial charge in [-0.2, -0.15) is 5.26 Å². The molecule has 4 heteroatoms. The predicted molar refractivity (Wildman–Crippen MR) is 78.7 cm³/mol. The molecule has 1 aromatic rings. The monoisotopic (exact) mass is 320 g/mol. The minimum atomic E-state index is -0.201. The van der Waals surface area contributed by atoms with Crippen molar-refractivity contribution in [3.8, 4) is 6.07 Å². The Labute approximate surface area is 122 Å². The molecule has 0 saturated heterocycles. The first kappa shape index (κ1) is 14.1. The molecule has 0 aliphatic heterocycles. The van der Waals surface area contributed by atoms with Gasteiger partial charge in [0.15, 0.2) is 0 Å². The molecule has 0 spiro atoms. The summed E-state index contributed by atoms with van der Waals surface area (Å²) >= 11 is 3.40. The van der Waals surface area contributed by atoms with Crippen LogP contribution in [0.3, 0.4) is 0 Å². The Morgan fingerprint density at radius 2 is 2.16 bits per heavy atom. The maximum Gasteiger partial charge on any atom is 0.230 e. The van der Waals surface area contributed by atoms with Crippen molar-refractivity contribution in [1.29, 1.82) is 5.26 Å². The first-order valence-electron chi connectivity index (χ1n) is 6.62. The van der Waals surface area contributed by atoms with Crippen molar-refractivity contribution in [2.24, 2.45) is 5.41 Å². The minimum Gasteiger partial charge on any atom is -0.325 e. The summed E-state index contributed by atoms with van der Waals surface area (Å²) in [7, 11) is 0. The van der Waals surface area contributed by atoms with Crippen LogP contribution in [0.15, 0.2) is 22.7 Å². The number of nitriles is 1. The van der Waals surface area contributed by atoms with Crippen molar-refractivity contribution < 1.29 is 4.79 Å². The van der Waals surface area contributed by atoms with Gasteiger partial charge in [-0.15, -0.1) is 0 Å². The number of nitrogens with zero attached hydrogens (tertiary/aromatic N) is 1. The van der Waals surface area contributed by atoms with Crippen LogP contribution >= 0.6 is 15.9 Å². The summed E-state index contributed by atoms with van der Waals surface area (Å²) < 4.78 is 0.754. The number of carbonyl (C=O) groups excluding carboxylic acids is 1. The van der Waals surface area contributed by atoms with Crippen molar-refractivity contribution in [3.05, 3.63) is 28.2 Å². The summed E-state index contributed by atoms with van der Waals surface area (Å²) in [5, 5.41) is 11.8. The van der Waals surface area contributed by atoms with Crippen molar-refractivity contribution in [2.45, 2.75) is 39.0 Å². The van der Waals surface area contributed by atoms with Crippen LogP contribution in [0.4, 0.5) is 5.69 Å².